The monoisotopic (exact) mass is 253 g/mol. The summed E-state index contributed by atoms with van der Waals surface area (Å²) in [6.07, 6.45) is 5.96. The van der Waals surface area contributed by atoms with Gasteiger partial charge in [0.1, 0.15) is 0 Å². The van der Waals surface area contributed by atoms with Crippen LogP contribution in [-0.2, 0) is 6.42 Å². The molecule has 1 aliphatic rings. The van der Waals surface area contributed by atoms with Crippen molar-refractivity contribution in [3.05, 3.63) is 48.0 Å². The van der Waals surface area contributed by atoms with Crippen LogP contribution in [0.4, 0.5) is 0 Å². The van der Waals surface area contributed by atoms with Crippen LogP contribution < -0.4 is 5.73 Å². The molecule has 2 atom stereocenters. The molecule has 0 amide bonds. The molecule has 0 saturated heterocycles. The molecule has 1 nitrogen and oxygen atoms in total. The van der Waals surface area contributed by atoms with Gasteiger partial charge in [-0.2, -0.15) is 0 Å². The van der Waals surface area contributed by atoms with E-state index in [0.29, 0.717) is 0 Å². The van der Waals surface area contributed by atoms with Crippen LogP contribution in [0.5, 0.6) is 0 Å². The zero-order valence-electron chi connectivity index (χ0n) is 11.7. The van der Waals surface area contributed by atoms with Crippen molar-refractivity contribution in [1.29, 1.82) is 0 Å². The van der Waals surface area contributed by atoms with Crippen molar-refractivity contribution in [2.45, 2.75) is 44.6 Å². The molecule has 0 radical (unpaired) electrons. The van der Waals surface area contributed by atoms with E-state index in [9.17, 15) is 0 Å². The van der Waals surface area contributed by atoms with E-state index in [1.807, 2.05) is 0 Å². The van der Waals surface area contributed by atoms with Crippen LogP contribution in [0.3, 0.4) is 0 Å². The normalized spacial score (nSPS) is 26.9. The van der Waals surface area contributed by atoms with Gasteiger partial charge >= 0.3 is 0 Å². The maximum atomic E-state index is 6.65. The standard InChI is InChI=1S/C18H23N/c1-2-14-10-11-18(19,12-14)13-16-8-5-7-15-6-3-4-9-17(15)16/h3-9,14H,2,10-13,19H2,1H3. The molecular formula is C18H23N. The average molecular weight is 253 g/mol. The van der Waals surface area contributed by atoms with Crippen LogP contribution in [-0.4, -0.2) is 5.54 Å². The summed E-state index contributed by atoms with van der Waals surface area (Å²) in [7, 11) is 0. The minimum absolute atomic E-state index is 0.0187. The van der Waals surface area contributed by atoms with E-state index in [1.165, 1.54) is 42.0 Å². The minimum atomic E-state index is 0.0187. The van der Waals surface area contributed by atoms with Crippen LogP contribution in [0, 0.1) is 5.92 Å². The number of fused-ring (bicyclic) bond motifs is 1. The molecule has 2 unspecified atom stereocenters. The van der Waals surface area contributed by atoms with Crippen molar-refractivity contribution in [2.75, 3.05) is 0 Å². The third-order valence-corrected chi connectivity index (χ3v) is 4.75. The second kappa shape index (κ2) is 4.97. The Morgan fingerprint density at radius 3 is 2.74 bits per heavy atom. The highest BCUT2D eigenvalue weighted by Crippen LogP contribution is 2.37. The third-order valence-electron chi connectivity index (χ3n) is 4.75. The third kappa shape index (κ3) is 2.52. The summed E-state index contributed by atoms with van der Waals surface area (Å²) in [5.41, 5.74) is 8.08. The van der Waals surface area contributed by atoms with Crippen molar-refractivity contribution >= 4 is 10.8 Å². The van der Waals surface area contributed by atoms with Gasteiger partial charge < -0.3 is 5.73 Å². The van der Waals surface area contributed by atoms with Crippen molar-refractivity contribution < 1.29 is 0 Å². The van der Waals surface area contributed by atoms with Crippen LogP contribution in [0.25, 0.3) is 10.8 Å². The first-order chi connectivity index (χ1) is 9.20. The molecule has 0 bridgehead atoms. The molecule has 0 spiro atoms. The Hall–Kier alpha value is -1.34. The van der Waals surface area contributed by atoms with Crippen molar-refractivity contribution in [3.63, 3.8) is 0 Å². The van der Waals surface area contributed by atoms with Gasteiger partial charge in [0.25, 0.3) is 0 Å². The highest BCUT2D eigenvalue weighted by atomic mass is 14.8. The molecule has 2 aromatic rings. The molecule has 2 aromatic carbocycles. The Bertz CT molecular complexity index is 569. The molecule has 3 rings (SSSR count). The van der Waals surface area contributed by atoms with E-state index in [1.54, 1.807) is 0 Å². The van der Waals surface area contributed by atoms with Gasteiger partial charge in [-0.05, 0) is 47.9 Å². The zero-order chi connectivity index (χ0) is 13.3. The summed E-state index contributed by atoms with van der Waals surface area (Å²) >= 11 is 0. The highest BCUT2D eigenvalue weighted by Gasteiger charge is 2.35. The zero-order valence-corrected chi connectivity index (χ0v) is 11.7. The summed E-state index contributed by atoms with van der Waals surface area (Å²) in [4.78, 5) is 0. The molecule has 0 aromatic heterocycles. The summed E-state index contributed by atoms with van der Waals surface area (Å²) in [5, 5.41) is 2.70. The van der Waals surface area contributed by atoms with E-state index in [0.717, 1.165) is 12.3 Å². The minimum Gasteiger partial charge on any atom is -0.325 e. The lowest BCUT2D eigenvalue weighted by atomic mass is 9.87. The van der Waals surface area contributed by atoms with E-state index in [2.05, 4.69) is 49.4 Å². The maximum absolute atomic E-state index is 6.65. The quantitative estimate of drug-likeness (QED) is 0.867. The summed E-state index contributed by atoms with van der Waals surface area (Å²) in [6.45, 7) is 2.29. The molecule has 0 heterocycles. The average Bonchev–Trinajstić information content (AvgIpc) is 2.81. The molecule has 2 N–H and O–H groups in total. The smallest absolute Gasteiger partial charge is 0.0198 e. The van der Waals surface area contributed by atoms with Gasteiger partial charge in [-0.3, -0.25) is 0 Å². The molecular weight excluding hydrogens is 230 g/mol. The second-order valence-corrected chi connectivity index (χ2v) is 6.19. The van der Waals surface area contributed by atoms with E-state index < -0.39 is 0 Å². The molecule has 0 aliphatic heterocycles. The Kier molecular flexibility index (Phi) is 3.32. The molecule has 1 fully saturated rings. The van der Waals surface area contributed by atoms with Gasteiger partial charge in [0.15, 0.2) is 0 Å². The Labute approximate surface area is 115 Å². The van der Waals surface area contributed by atoms with Crippen LogP contribution in [0.15, 0.2) is 42.5 Å². The van der Waals surface area contributed by atoms with Gasteiger partial charge in [-0.15, -0.1) is 0 Å². The predicted octanol–water partition coefficient (Wildman–Crippen LogP) is 4.29. The fraction of sp³-hybridized carbons (Fsp3) is 0.444. The van der Waals surface area contributed by atoms with Crippen molar-refractivity contribution in [2.24, 2.45) is 11.7 Å². The largest absolute Gasteiger partial charge is 0.325 e. The lowest BCUT2D eigenvalue weighted by Gasteiger charge is -2.25. The fourth-order valence-corrected chi connectivity index (χ4v) is 3.61. The topological polar surface area (TPSA) is 26.0 Å². The number of hydrogen-bond acceptors (Lipinski definition) is 1. The highest BCUT2D eigenvalue weighted by molar-refractivity contribution is 5.85. The number of nitrogens with two attached hydrogens (primary N) is 1. The molecule has 19 heavy (non-hydrogen) atoms. The Balaban J connectivity index is 1.90. The van der Waals surface area contributed by atoms with Gasteiger partial charge in [0.05, 0.1) is 0 Å². The summed E-state index contributed by atoms with van der Waals surface area (Å²) in [6, 6.07) is 15.2. The van der Waals surface area contributed by atoms with Gasteiger partial charge in [-0.1, -0.05) is 55.8 Å². The molecule has 1 aliphatic carbocycles. The van der Waals surface area contributed by atoms with E-state index in [-0.39, 0.29) is 5.54 Å². The maximum Gasteiger partial charge on any atom is 0.0198 e. The first-order valence-corrected chi connectivity index (χ1v) is 7.46. The van der Waals surface area contributed by atoms with Crippen LogP contribution >= 0.6 is 0 Å². The number of hydrogen-bond donors (Lipinski definition) is 1. The SMILES string of the molecule is CCC1CCC(N)(Cc2cccc3ccccc23)C1. The van der Waals surface area contributed by atoms with Crippen LogP contribution in [0.1, 0.15) is 38.2 Å². The first kappa shape index (κ1) is 12.7. The van der Waals surface area contributed by atoms with E-state index in [4.69, 9.17) is 5.73 Å². The van der Waals surface area contributed by atoms with Gasteiger partial charge in [-0.25, -0.2) is 0 Å². The first-order valence-electron chi connectivity index (χ1n) is 7.46. The van der Waals surface area contributed by atoms with Crippen molar-refractivity contribution in [1.82, 2.24) is 0 Å². The molecule has 1 saturated carbocycles. The lowest BCUT2D eigenvalue weighted by Crippen LogP contribution is -2.39. The number of benzene rings is 2. The summed E-state index contributed by atoms with van der Waals surface area (Å²) < 4.78 is 0. The molecule has 1 heteroatoms. The second-order valence-electron chi connectivity index (χ2n) is 6.19. The molecule has 100 valence electrons. The predicted molar refractivity (Wildman–Crippen MR) is 82.2 cm³/mol. The Morgan fingerprint density at radius 2 is 1.95 bits per heavy atom. The van der Waals surface area contributed by atoms with Gasteiger partial charge in [0, 0.05) is 5.54 Å². The number of rotatable bonds is 3. The fourth-order valence-electron chi connectivity index (χ4n) is 3.61. The Morgan fingerprint density at radius 1 is 1.16 bits per heavy atom. The van der Waals surface area contributed by atoms with E-state index >= 15 is 0 Å². The van der Waals surface area contributed by atoms with Crippen molar-refractivity contribution in [3.8, 4) is 0 Å². The van der Waals surface area contributed by atoms with Gasteiger partial charge in [0.2, 0.25) is 0 Å². The summed E-state index contributed by atoms with van der Waals surface area (Å²) in [5.74, 6) is 0.833. The van der Waals surface area contributed by atoms with Crippen LogP contribution in [0.2, 0.25) is 0 Å². The lowest BCUT2D eigenvalue weighted by molar-refractivity contribution is 0.408.